The van der Waals surface area contributed by atoms with Crippen LogP contribution in [0.4, 0.5) is 33.7 Å². The summed E-state index contributed by atoms with van der Waals surface area (Å²) in [4.78, 5) is 51.5. The Kier molecular flexibility index (Phi) is 6.50. The number of alkyl carbamates (subject to hydrolysis) is 1. The summed E-state index contributed by atoms with van der Waals surface area (Å²) in [6.45, 7) is -0.276. The highest BCUT2D eigenvalue weighted by Crippen LogP contribution is 2.45. The van der Waals surface area contributed by atoms with Crippen molar-refractivity contribution in [3.63, 3.8) is 0 Å². The van der Waals surface area contributed by atoms with Crippen molar-refractivity contribution in [2.75, 3.05) is 10.2 Å². The van der Waals surface area contributed by atoms with E-state index in [1.54, 1.807) is 30.3 Å². The molecule has 2 aromatic rings. The van der Waals surface area contributed by atoms with Gasteiger partial charge >= 0.3 is 12.3 Å². The van der Waals surface area contributed by atoms with Gasteiger partial charge in [-0.3, -0.25) is 19.7 Å². The molecule has 4 amide bonds. The molecule has 1 saturated heterocycles. The van der Waals surface area contributed by atoms with E-state index >= 15 is 4.39 Å². The Morgan fingerprint density at radius 3 is 2.59 bits per heavy atom. The van der Waals surface area contributed by atoms with Crippen LogP contribution in [-0.4, -0.2) is 59.2 Å². The molecule has 3 aliphatic heterocycles. The number of piperidine rings is 1. The molecule has 216 valence electrons. The number of hydrogen-bond donors (Lipinski definition) is 3. The van der Waals surface area contributed by atoms with E-state index in [1.807, 2.05) is 0 Å². The number of benzene rings is 2. The quantitative estimate of drug-likeness (QED) is 0.370. The fourth-order valence-corrected chi connectivity index (χ4v) is 5.83. The van der Waals surface area contributed by atoms with Gasteiger partial charge in [0.15, 0.2) is 6.17 Å². The number of hydrogen-bond acceptors (Lipinski definition) is 7. The number of nitrogens with one attached hydrogen (secondary N) is 3. The number of halogens is 4. The van der Waals surface area contributed by atoms with Gasteiger partial charge in [0.2, 0.25) is 11.8 Å². The van der Waals surface area contributed by atoms with Crippen molar-refractivity contribution in [2.45, 2.75) is 69.3 Å². The number of nitrogens with zero attached hydrogens (tertiary/aromatic N) is 2. The summed E-state index contributed by atoms with van der Waals surface area (Å²) in [5, 5.41) is 7.12. The van der Waals surface area contributed by atoms with E-state index < -0.39 is 60.2 Å². The van der Waals surface area contributed by atoms with Gasteiger partial charge in [-0.2, -0.15) is 13.2 Å². The Morgan fingerprint density at radius 2 is 1.85 bits per heavy atom. The highest BCUT2D eigenvalue weighted by atomic mass is 19.4. The lowest BCUT2D eigenvalue weighted by Crippen LogP contribution is -2.57. The molecule has 14 heteroatoms. The number of carbonyl (C=O) groups excluding carboxylic acids is 4. The van der Waals surface area contributed by atoms with Crippen molar-refractivity contribution in [1.82, 2.24) is 15.5 Å². The van der Waals surface area contributed by atoms with Gasteiger partial charge in [0, 0.05) is 44.0 Å². The minimum Gasteiger partial charge on any atom is -0.446 e. The van der Waals surface area contributed by atoms with Crippen LogP contribution in [0.15, 0.2) is 36.4 Å². The van der Waals surface area contributed by atoms with Gasteiger partial charge in [0.25, 0.3) is 5.91 Å². The number of carbonyl (C=O) groups is 4. The number of anilines is 2. The Bertz CT molecular complexity index is 1440. The van der Waals surface area contributed by atoms with Crippen molar-refractivity contribution < 1.29 is 41.5 Å². The molecule has 1 aliphatic carbocycles. The molecule has 2 atom stereocenters. The van der Waals surface area contributed by atoms with Gasteiger partial charge in [0.1, 0.15) is 18.0 Å². The topological polar surface area (TPSA) is 120 Å². The van der Waals surface area contributed by atoms with Crippen LogP contribution in [-0.2, 0) is 27.4 Å². The molecule has 1 saturated carbocycles. The van der Waals surface area contributed by atoms with Gasteiger partial charge in [-0.1, -0.05) is 24.3 Å². The SMILES string of the molecule is O=C1CCC(N2Cc3ccc(CNC(=O)OC4CC(N5c6ccccc6NC5C(F)(F)F)C4)c(F)c3C2=O)C(=O)N1. The number of rotatable bonds is 5. The molecule has 0 radical (unpaired) electrons. The summed E-state index contributed by atoms with van der Waals surface area (Å²) in [5.74, 6) is -2.54. The molecule has 3 heterocycles. The Labute approximate surface area is 231 Å². The first kappa shape index (κ1) is 26.8. The van der Waals surface area contributed by atoms with Crippen LogP contribution in [0.3, 0.4) is 0 Å². The average molecular weight is 576 g/mol. The zero-order valence-corrected chi connectivity index (χ0v) is 21.5. The standard InChI is InChI=1S/C27H25F4N5O5/c28-22-13(5-6-14-12-35(24(39)21(14)22)19-7-8-20(37)34-23(19)38)11-32-26(40)41-16-9-15(10-16)36-18-4-2-1-3-17(18)33-25(36)27(29,30)31/h1-6,15-16,19,25,33H,7-12H2,(H,32,40)(H,34,37,38). The van der Waals surface area contributed by atoms with Crippen molar-refractivity contribution in [2.24, 2.45) is 0 Å². The summed E-state index contributed by atoms with van der Waals surface area (Å²) in [6.07, 6.45) is -7.28. The zero-order valence-electron chi connectivity index (χ0n) is 21.5. The molecular weight excluding hydrogens is 550 g/mol. The number of ether oxygens (including phenoxy) is 1. The van der Waals surface area contributed by atoms with Gasteiger partial charge in [0.05, 0.1) is 16.9 Å². The normalized spacial score (nSPS) is 25.2. The maximum absolute atomic E-state index is 15.3. The van der Waals surface area contributed by atoms with Gasteiger partial charge in [-0.25, -0.2) is 9.18 Å². The van der Waals surface area contributed by atoms with Gasteiger partial charge in [-0.05, 0) is 24.1 Å². The summed E-state index contributed by atoms with van der Waals surface area (Å²) in [7, 11) is 0. The molecule has 2 aromatic carbocycles. The first-order chi connectivity index (χ1) is 19.5. The molecule has 0 spiro atoms. The first-order valence-corrected chi connectivity index (χ1v) is 13.1. The molecule has 3 N–H and O–H groups in total. The van der Waals surface area contributed by atoms with Crippen molar-refractivity contribution in [3.05, 3.63) is 58.9 Å². The molecule has 2 fully saturated rings. The Morgan fingerprint density at radius 1 is 1.10 bits per heavy atom. The van der Waals surface area contributed by atoms with E-state index in [9.17, 15) is 32.3 Å². The lowest BCUT2D eigenvalue weighted by Gasteiger charge is -2.44. The summed E-state index contributed by atoms with van der Waals surface area (Å²) in [5.41, 5.74) is 1.04. The third-order valence-electron chi connectivity index (χ3n) is 7.93. The van der Waals surface area contributed by atoms with E-state index in [2.05, 4.69) is 16.0 Å². The number of imide groups is 1. The van der Waals surface area contributed by atoms with Crippen LogP contribution in [0, 0.1) is 5.82 Å². The predicted octanol–water partition coefficient (Wildman–Crippen LogP) is 3.16. The molecule has 10 nitrogen and oxygen atoms in total. The summed E-state index contributed by atoms with van der Waals surface area (Å²) >= 11 is 0. The highest BCUT2D eigenvalue weighted by Gasteiger charge is 2.52. The van der Waals surface area contributed by atoms with Gasteiger partial charge < -0.3 is 25.2 Å². The molecular formula is C27H25F4N5O5. The molecule has 6 rings (SSSR count). The van der Waals surface area contributed by atoms with Crippen molar-refractivity contribution in [3.8, 4) is 0 Å². The van der Waals surface area contributed by atoms with Crippen molar-refractivity contribution >= 4 is 35.2 Å². The number of para-hydroxylation sites is 2. The van der Waals surface area contributed by atoms with Crippen LogP contribution >= 0.6 is 0 Å². The lowest BCUT2D eigenvalue weighted by molar-refractivity contribution is -0.144. The van der Waals surface area contributed by atoms with E-state index in [1.165, 1.54) is 15.9 Å². The largest absolute Gasteiger partial charge is 0.446 e. The fraction of sp³-hybridized carbons (Fsp3) is 0.407. The number of amides is 4. The third-order valence-corrected chi connectivity index (χ3v) is 7.93. The molecule has 0 aromatic heterocycles. The van der Waals surface area contributed by atoms with E-state index in [0.717, 1.165) is 0 Å². The average Bonchev–Trinajstić information content (AvgIpc) is 3.44. The maximum Gasteiger partial charge on any atom is 0.427 e. The molecule has 2 unspecified atom stereocenters. The number of alkyl halides is 3. The van der Waals surface area contributed by atoms with E-state index in [0.29, 0.717) is 16.9 Å². The monoisotopic (exact) mass is 575 g/mol. The molecule has 4 aliphatic rings. The second-order valence-corrected chi connectivity index (χ2v) is 10.5. The highest BCUT2D eigenvalue weighted by molar-refractivity contribution is 6.05. The molecule has 0 bridgehead atoms. The van der Waals surface area contributed by atoms with Crippen molar-refractivity contribution in [1.29, 1.82) is 0 Å². The number of fused-ring (bicyclic) bond motifs is 2. The van der Waals surface area contributed by atoms with E-state index in [-0.39, 0.29) is 49.9 Å². The zero-order chi connectivity index (χ0) is 29.1. The Balaban J connectivity index is 1.04. The first-order valence-electron chi connectivity index (χ1n) is 13.1. The third kappa shape index (κ3) is 4.80. The van der Waals surface area contributed by atoms with Crippen LogP contribution in [0.2, 0.25) is 0 Å². The van der Waals surface area contributed by atoms with Crippen LogP contribution in [0.25, 0.3) is 0 Å². The lowest BCUT2D eigenvalue weighted by atomic mass is 9.87. The predicted molar refractivity (Wildman–Crippen MR) is 135 cm³/mol. The summed E-state index contributed by atoms with van der Waals surface area (Å²) < 4.78 is 61.6. The van der Waals surface area contributed by atoms with Crippen LogP contribution in [0.5, 0.6) is 0 Å². The van der Waals surface area contributed by atoms with Crippen LogP contribution < -0.4 is 20.9 Å². The minimum absolute atomic E-state index is 0.0160. The summed E-state index contributed by atoms with van der Waals surface area (Å²) in [6, 6.07) is 8.07. The maximum atomic E-state index is 15.3. The Hall–Kier alpha value is -4.36. The van der Waals surface area contributed by atoms with Gasteiger partial charge in [-0.15, -0.1) is 0 Å². The smallest absolute Gasteiger partial charge is 0.427 e. The van der Waals surface area contributed by atoms with E-state index in [4.69, 9.17) is 4.74 Å². The minimum atomic E-state index is -4.51. The second kappa shape index (κ2) is 9.93. The fourth-order valence-electron chi connectivity index (χ4n) is 5.83. The second-order valence-electron chi connectivity index (χ2n) is 10.5. The molecule has 41 heavy (non-hydrogen) atoms. The van der Waals surface area contributed by atoms with Crippen LogP contribution in [0.1, 0.15) is 47.2 Å².